The van der Waals surface area contributed by atoms with E-state index in [0.717, 1.165) is 23.3 Å². The zero-order valence-corrected chi connectivity index (χ0v) is 16.5. The second kappa shape index (κ2) is 5.83. The standard InChI is InChI=1S/C21H23NO2S2/c1-22-19(24)18(26-20(22)25)8-15-7-16(2-3-17(15)23)21-9-12-4-13(10-21)6-14(5-12)11-21/h2-3,7-8,12-14,23H,4-6,9-11H2,1H3. The van der Waals surface area contributed by atoms with Gasteiger partial charge in [-0.3, -0.25) is 9.69 Å². The van der Waals surface area contributed by atoms with Gasteiger partial charge in [0.2, 0.25) is 0 Å². The van der Waals surface area contributed by atoms with Crippen LogP contribution in [0.1, 0.15) is 49.7 Å². The molecule has 1 heterocycles. The summed E-state index contributed by atoms with van der Waals surface area (Å²) in [6.07, 6.45) is 9.94. The van der Waals surface area contributed by atoms with Gasteiger partial charge in [0.25, 0.3) is 5.91 Å². The Morgan fingerprint density at radius 2 is 1.81 bits per heavy atom. The van der Waals surface area contributed by atoms with Gasteiger partial charge >= 0.3 is 0 Å². The van der Waals surface area contributed by atoms with Crippen molar-refractivity contribution in [3.8, 4) is 5.75 Å². The van der Waals surface area contributed by atoms with Crippen molar-refractivity contribution in [2.75, 3.05) is 7.05 Å². The lowest BCUT2D eigenvalue weighted by molar-refractivity contribution is -0.121. The Labute approximate surface area is 163 Å². The lowest BCUT2D eigenvalue weighted by Gasteiger charge is -2.57. The summed E-state index contributed by atoms with van der Waals surface area (Å²) in [5, 5.41) is 10.4. The van der Waals surface area contributed by atoms with E-state index in [-0.39, 0.29) is 17.1 Å². The molecule has 0 atom stereocenters. The van der Waals surface area contributed by atoms with Crippen LogP contribution >= 0.6 is 24.0 Å². The molecule has 1 aromatic carbocycles. The van der Waals surface area contributed by atoms with Crippen LogP contribution in [0.3, 0.4) is 0 Å². The number of carbonyl (C=O) groups is 1. The van der Waals surface area contributed by atoms with Crippen LogP contribution in [0.5, 0.6) is 5.75 Å². The molecule has 4 bridgehead atoms. The molecule has 5 aliphatic rings. The van der Waals surface area contributed by atoms with Gasteiger partial charge in [-0.2, -0.15) is 0 Å². The number of carbonyl (C=O) groups excluding carboxylic acids is 1. The van der Waals surface area contributed by atoms with E-state index in [1.54, 1.807) is 7.05 Å². The fourth-order valence-electron chi connectivity index (χ4n) is 6.15. The fraction of sp³-hybridized carbons (Fsp3) is 0.524. The lowest BCUT2D eigenvalue weighted by Crippen LogP contribution is -2.48. The van der Waals surface area contributed by atoms with E-state index < -0.39 is 0 Å². The van der Waals surface area contributed by atoms with Crippen LogP contribution in [0, 0.1) is 17.8 Å². The number of aromatic hydroxyl groups is 1. The van der Waals surface area contributed by atoms with Gasteiger partial charge in [-0.15, -0.1) is 0 Å². The quantitative estimate of drug-likeness (QED) is 0.592. The molecule has 4 aliphatic carbocycles. The molecule has 0 spiro atoms. The van der Waals surface area contributed by atoms with Gasteiger partial charge in [-0.1, -0.05) is 30.0 Å². The molecular weight excluding hydrogens is 362 g/mol. The number of likely N-dealkylation sites (N-methyl/N-ethyl adjacent to an activating group) is 1. The summed E-state index contributed by atoms with van der Waals surface area (Å²) in [4.78, 5) is 14.4. The Morgan fingerprint density at radius 1 is 1.19 bits per heavy atom. The number of nitrogens with zero attached hydrogens (tertiary/aromatic N) is 1. The molecule has 0 radical (unpaired) electrons. The molecule has 5 fully saturated rings. The minimum Gasteiger partial charge on any atom is -0.507 e. The van der Waals surface area contributed by atoms with E-state index in [0.29, 0.717) is 9.23 Å². The first-order valence-corrected chi connectivity index (χ1v) is 10.7. The Balaban J connectivity index is 1.52. The summed E-state index contributed by atoms with van der Waals surface area (Å²) in [7, 11) is 1.70. The molecule has 4 saturated carbocycles. The van der Waals surface area contributed by atoms with E-state index in [1.807, 2.05) is 12.1 Å². The molecule has 0 aromatic heterocycles. The molecule has 5 heteroatoms. The van der Waals surface area contributed by atoms with Crippen molar-refractivity contribution in [1.29, 1.82) is 0 Å². The highest BCUT2D eigenvalue weighted by atomic mass is 32.2. The predicted octanol–water partition coefficient (Wildman–Crippen LogP) is 4.69. The maximum absolute atomic E-state index is 12.3. The second-order valence-electron chi connectivity index (χ2n) is 8.71. The van der Waals surface area contributed by atoms with Crippen LogP contribution in [0.2, 0.25) is 0 Å². The van der Waals surface area contributed by atoms with E-state index in [2.05, 4.69) is 12.1 Å². The predicted molar refractivity (Wildman–Crippen MR) is 109 cm³/mol. The van der Waals surface area contributed by atoms with Gasteiger partial charge in [0.05, 0.1) is 4.91 Å². The number of phenols is 1. The maximum atomic E-state index is 12.3. The highest BCUT2D eigenvalue weighted by Crippen LogP contribution is 2.60. The summed E-state index contributed by atoms with van der Waals surface area (Å²) in [5.41, 5.74) is 2.38. The minimum absolute atomic E-state index is 0.0837. The monoisotopic (exact) mass is 385 g/mol. The van der Waals surface area contributed by atoms with Gasteiger partial charge in [0.15, 0.2) is 0 Å². The second-order valence-corrected chi connectivity index (χ2v) is 10.4. The first kappa shape index (κ1) is 16.8. The van der Waals surface area contributed by atoms with Crippen LogP contribution in [-0.4, -0.2) is 27.3 Å². The van der Waals surface area contributed by atoms with Crippen molar-refractivity contribution in [2.45, 2.75) is 43.9 Å². The molecular formula is C21H23NO2S2. The van der Waals surface area contributed by atoms with Crippen molar-refractivity contribution in [1.82, 2.24) is 4.90 Å². The highest BCUT2D eigenvalue weighted by Gasteiger charge is 2.51. The molecule has 1 aliphatic heterocycles. The Hall–Kier alpha value is -1.33. The average Bonchev–Trinajstić information content (AvgIpc) is 2.82. The third kappa shape index (κ3) is 2.55. The summed E-state index contributed by atoms with van der Waals surface area (Å²) in [6, 6.07) is 6.06. The summed E-state index contributed by atoms with van der Waals surface area (Å²) < 4.78 is 0.568. The molecule has 1 N–H and O–H groups in total. The number of benzene rings is 1. The average molecular weight is 386 g/mol. The van der Waals surface area contributed by atoms with E-state index in [1.165, 1.54) is 60.8 Å². The molecule has 1 saturated heterocycles. The largest absolute Gasteiger partial charge is 0.507 e. The Kier molecular flexibility index (Phi) is 3.77. The van der Waals surface area contributed by atoms with Gasteiger partial charge in [-0.25, -0.2) is 0 Å². The van der Waals surface area contributed by atoms with Crippen LogP contribution in [0.15, 0.2) is 23.1 Å². The van der Waals surface area contributed by atoms with Crippen molar-refractivity contribution in [2.24, 2.45) is 17.8 Å². The number of thioether (sulfide) groups is 1. The molecule has 0 unspecified atom stereocenters. The van der Waals surface area contributed by atoms with Gasteiger partial charge in [0.1, 0.15) is 10.1 Å². The summed E-state index contributed by atoms with van der Waals surface area (Å²) in [6.45, 7) is 0. The SMILES string of the molecule is CN1C(=O)C(=Cc2cc(C34CC5CC(CC(C5)C3)C4)ccc2O)SC1=S. The first-order valence-electron chi connectivity index (χ1n) is 9.48. The first-order chi connectivity index (χ1) is 12.4. The zero-order valence-electron chi connectivity index (χ0n) is 14.9. The third-order valence-electron chi connectivity index (χ3n) is 6.95. The molecule has 1 aromatic rings. The minimum atomic E-state index is -0.0837. The molecule has 3 nitrogen and oxygen atoms in total. The van der Waals surface area contributed by atoms with Crippen LogP contribution in [-0.2, 0) is 10.2 Å². The molecule has 6 rings (SSSR count). The third-order valence-corrected chi connectivity index (χ3v) is 8.44. The number of rotatable bonds is 2. The number of hydrogen-bond acceptors (Lipinski definition) is 4. The smallest absolute Gasteiger partial charge is 0.265 e. The van der Waals surface area contributed by atoms with Crippen LogP contribution < -0.4 is 0 Å². The molecule has 26 heavy (non-hydrogen) atoms. The Morgan fingerprint density at radius 3 is 2.35 bits per heavy atom. The normalized spacial score (nSPS) is 37.2. The maximum Gasteiger partial charge on any atom is 0.265 e. The fourth-order valence-corrected chi connectivity index (χ4v) is 7.32. The van der Waals surface area contributed by atoms with Crippen molar-refractivity contribution in [3.63, 3.8) is 0 Å². The van der Waals surface area contributed by atoms with Crippen molar-refractivity contribution >= 4 is 40.3 Å². The topological polar surface area (TPSA) is 40.5 Å². The van der Waals surface area contributed by atoms with Gasteiger partial charge < -0.3 is 5.11 Å². The lowest BCUT2D eigenvalue weighted by atomic mass is 9.48. The summed E-state index contributed by atoms with van der Waals surface area (Å²) >= 11 is 6.52. The molecule has 1 amide bonds. The van der Waals surface area contributed by atoms with Crippen LogP contribution in [0.4, 0.5) is 0 Å². The number of amides is 1. The van der Waals surface area contributed by atoms with Gasteiger partial charge in [-0.05, 0) is 85.5 Å². The Bertz CT molecular complexity index is 809. The zero-order chi connectivity index (χ0) is 18.1. The van der Waals surface area contributed by atoms with E-state index >= 15 is 0 Å². The number of thiocarbonyl (C=S) groups is 1. The summed E-state index contributed by atoms with van der Waals surface area (Å²) in [5.74, 6) is 2.80. The van der Waals surface area contributed by atoms with Crippen molar-refractivity contribution < 1.29 is 9.90 Å². The molecule has 136 valence electrons. The van der Waals surface area contributed by atoms with Crippen LogP contribution in [0.25, 0.3) is 6.08 Å². The number of phenolic OH excluding ortho intramolecular Hbond substituents is 1. The number of hydrogen-bond donors (Lipinski definition) is 1. The van der Waals surface area contributed by atoms with E-state index in [4.69, 9.17) is 12.2 Å². The van der Waals surface area contributed by atoms with Crippen molar-refractivity contribution in [3.05, 3.63) is 34.2 Å². The van der Waals surface area contributed by atoms with Gasteiger partial charge in [0, 0.05) is 12.6 Å². The van der Waals surface area contributed by atoms with E-state index in [9.17, 15) is 9.90 Å². The highest BCUT2D eigenvalue weighted by molar-refractivity contribution is 8.26.